The van der Waals surface area contributed by atoms with E-state index in [2.05, 4.69) is 10.3 Å². The highest BCUT2D eigenvalue weighted by molar-refractivity contribution is 5.75. The molecule has 0 unspecified atom stereocenters. The quantitative estimate of drug-likeness (QED) is 0.522. The van der Waals surface area contributed by atoms with Gasteiger partial charge in [-0.2, -0.15) is 0 Å². The van der Waals surface area contributed by atoms with Crippen LogP contribution in [-0.4, -0.2) is 17.5 Å². The molecular formula is C23H23FN2O3. The summed E-state index contributed by atoms with van der Waals surface area (Å²) in [5, 5.41) is 2.88. The van der Waals surface area contributed by atoms with E-state index in [1.54, 1.807) is 18.3 Å². The van der Waals surface area contributed by atoms with E-state index < -0.39 is 0 Å². The van der Waals surface area contributed by atoms with Crippen molar-refractivity contribution in [3.8, 4) is 11.6 Å². The van der Waals surface area contributed by atoms with Gasteiger partial charge in [-0.1, -0.05) is 30.3 Å². The molecule has 6 heteroatoms. The summed E-state index contributed by atoms with van der Waals surface area (Å²) in [4.78, 5) is 16.2. The number of benzene rings is 2. The maximum absolute atomic E-state index is 12.8. The van der Waals surface area contributed by atoms with Gasteiger partial charge in [0.2, 0.25) is 11.8 Å². The molecule has 0 fully saturated rings. The van der Waals surface area contributed by atoms with Gasteiger partial charge in [-0.05, 0) is 47.9 Å². The summed E-state index contributed by atoms with van der Waals surface area (Å²) in [5.74, 6) is 0.748. The molecular weight excluding hydrogens is 371 g/mol. The van der Waals surface area contributed by atoms with E-state index in [9.17, 15) is 9.18 Å². The van der Waals surface area contributed by atoms with Gasteiger partial charge in [0.1, 0.15) is 18.2 Å². The molecule has 0 spiro atoms. The molecule has 1 aromatic heterocycles. The van der Waals surface area contributed by atoms with Crippen molar-refractivity contribution in [2.24, 2.45) is 0 Å². The minimum Gasteiger partial charge on any atom is -0.494 e. The number of amides is 1. The molecule has 1 amide bonds. The second-order valence-corrected chi connectivity index (χ2v) is 6.46. The molecule has 1 heterocycles. The van der Waals surface area contributed by atoms with Crippen LogP contribution in [-0.2, 0) is 17.9 Å². The molecule has 3 aromatic rings. The zero-order chi connectivity index (χ0) is 20.3. The van der Waals surface area contributed by atoms with Crippen molar-refractivity contribution in [2.75, 3.05) is 6.61 Å². The van der Waals surface area contributed by atoms with E-state index in [4.69, 9.17) is 9.47 Å². The number of carbonyl (C=O) groups excluding carboxylic acids is 1. The first-order valence-corrected chi connectivity index (χ1v) is 9.46. The Morgan fingerprint density at radius 3 is 2.55 bits per heavy atom. The number of nitrogens with zero attached hydrogens (tertiary/aromatic N) is 1. The molecule has 1 N–H and O–H groups in total. The third kappa shape index (κ3) is 7.25. The van der Waals surface area contributed by atoms with Crippen molar-refractivity contribution in [3.63, 3.8) is 0 Å². The predicted octanol–water partition coefficient (Wildman–Crippen LogP) is 4.28. The van der Waals surface area contributed by atoms with Gasteiger partial charge in [0.05, 0.1) is 6.61 Å². The van der Waals surface area contributed by atoms with Gasteiger partial charge in [-0.15, -0.1) is 0 Å². The number of ether oxygens (including phenoxy) is 2. The van der Waals surface area contributed by atoms with Crippen LogP contribution in [0.2, 0.25) is 0 Å². The number of pyridine rings is 1. The Hall–Kier alpha value is -3.41. The van der Waals surface area contributed by atoms with Crippen LogP contribution < -0.4 is 14.8 Å². The van der Waals surface area contributed by atoms with Crippen molar-refractivity contribution >= 4 is 5.91 Å². The Morgan fingerprint density at radius 2 is 1.76 bits per heavy atom. The summed E-state index contributed by atoms with van der Waals surface area (Å²) in [5.41, 5.74) is 1.98. The second kappa shape index (κ2) is 10.8. The normalized spacial score (nSPS) is 10.4. The lowest BCUT2D eigenvalue weighted by Crippen LogP contribution is -2.23. The molecule has 0 radical (unpaired) electrons. The van der Waals surface area contributed by atoms with E-state index in [1.807, 2.05) is 42.5 Å². The molecule has 29 heavy (non-hydrogen) atoms. The highest BCUT2D eigenvalue weighted by atomic mass is 19.1. The van der Waals surface area contributed by atoms with Gasteiger partial charge in [-0.3, -0.25) is 4.79 Å². The molecule has 5 nitrogen and oxygen atoms in total. The molecule has 0 saturated heterocycles. The summed E-state index contributed by atoms with van der Waals surface area (Å²) in [6.45, 7) is 1.24. The molecule has 0 saturated carbocycles. The zero-order valence-corrected chi connectivity index (χ0v) is 16.0. The minimum absolute atomic E-state index is 0.0590. The Morgan fingerprint density at radius 1 is 0.966 bits per heavy atom. The van der Waals surface area contributed by atoms with Crippen LogP contribution in [0, 0.1) is 5.82 Å². The van der Waals surface area contributed by atoms with E-state index >= 15 is 0 Å². The van der Waals surface area contributed by atoms with Crippen LogP contribution in [0.5, 0.6) is 11.6 Å². The fourth-order valence-electron chi connectivity index (χ4n) is 2.61. The predicted molar refractivity (Wildman–Crippen MR) is 108 cm³/mol. The SMILES string of the molecule is O=C(CCCOc1ccc(F)cc1)NCc1ccnc(OCc2ccccc2)c1. The molecule has 3 rings (SSSR count). The van der Waals surface area contributed by atoms with Crippen LogP contribution in [0.4, 0.5) is 4.39 Å². The average Bonchev–Trinajstić information content (AvgIpc) is 2.76. The molecule has 2 aromatic carbocycles. The van der Waals surface area contributed by atoms with Gasteiger partial charge in [0.25, 0.3) is 0 Å². The summed E-state index contributed by atoms with van der Waals surface area (Å²) in [6, 6.07) is 19.3. The molecule has 0 atom stereocenters. The number of hydrogen-bond acceptors (Lipinski definition) is 4. The molecule has 0 aliphatic rings. The first kappa shape index (κ1) is 20.3. The molecule has 0 aliphatic carbocycles. The number of halogens is 1. The van der Waals surface area contributed by atoms with Crippen molar-refractivity contribution in [1.29, 1.82) is 0 Å². The highest BCUT2D eigenvalue weighted by Gasteiger charge is 2.04. The van der Waals surface area contributed by atoms with Crippen LogP contribution in [0.15, 0.2) is 72.9 Å². The Bertz CT molecular complexity index is 902. The fourth-order valence-corrected chi connectivity index (χ4v) is 2.61. The summed E-state index contributed by atoms with van der Waals surface area (Å²) >= 11 is 0. The van der Waals surface area contributed by atoms with Gasteiger partial charge in [0, 0.05) is 25.2 Å². The minimum atomic E-state index is -0.304. The maximum Gasteiger partial charge on any atom is 0.220 e. The molecule has 0 aliphatic heterocycles. The zero-order valence-electron chi connectivity index (χ0n) is 16.0. The standard InChI is InChI=1S/C23H23FN2O3/c24-20-8-10-21(11-9-20)28-14-4-7-22(27)26-16-19-12-13-25-23(15-19)29-17-18-5-2-1-3-6-18/h1-3,5-6,8-13,15H,4,7,14,16-17H2,(H,26,27). The largest absolute Gasteiger partial charge is 0.494 e. The van der Waals surface area contributed by atoms with E-state index in [1.165, 1.54) is 12.1 Å². The van der Waals surface area contributed by atoms with E-state index in [0.29, 0.717) is 44.2 Å². The van der Waals surface area contributed by atoms with Gasteiger partial charge in [-0.25, -0.2) is 9.37 Å². The number of rotatable bonds is 10. The van der Waals surface area contributed by atoms with Crippen LogP contribution in [0.25, 0.3) is 0 Å². The van der Waals surface area contributed by atoms with E-state index in [-0.39, 0.29) is 11.7 Å². The Labute approximate surface area is 169 Å². The van der Waals surface area contributed by atoms with Gasteiger partial charge >= 0.3 is 0 Å². The summed E-state index contributed by atoms with van der Waals surface area (Å²) in [6.07, 6.45) is 2.59. The fraction of sp³-hybridized carbons (Fsp3) is 0.217. The average molecular weight is 394 g/mol. The van der Waals surface area contributed by atoms with Gasteiger partial charge < -0.3 is 14.8 Å². The third-order valence-corrected chi connectivity index (χ3v) is 4.15. The lowest BCUT2D eigenvalue weighted by molar-refractivity contribution is -0.121. The summed E-state index contributed by atoms with van der Waals surface area (Å²) < 4.78 is 24.0. The second-order valence-electron chi connectivity index (χ2n) is 6.46. The maximum atomic E-state index is 12.8. The van der Waals surface area contributed by atoms with Crippen molar-refractivity contribution < 1.29 is 18.7 Å². The van der Waals surface area contributed by atoms with E-state index in [0.717, 1.165) is 11.1 Å². The lowest BCUT2D eigenvalue weighted by atomic mass is 10.2. The molecule has 0 bridgehead atoms. The Kier molecular flexibility index (Phi) is 7.57. The van der Waals surface area contributed by atoms with Crippen LogP contribution in [0.1, 0.15) is 24.0 Å². The third-order valence-electron chi connectivity index (χ3n) is 4.15. The lowest BCUT2D eigenvalue weighted by Gasteiger charge is -2.09. The number of nitrogens with one attached hydrogen (secondary N) is 1. The molecule has 150 valence electrons. The monoisotopic (exact) mass is 394 g/mol. The van der Waals surface area contributed by atoms with Crippen molar-refractivity contribution in [2.45, 2.75) is 26.0 Å². The van der Waals surface area contributed by atoms with Gasteiger partial charge in [0.15, 0.2) is 0 Å². The summed E-state index contributed by atoms with van der Waals surface area (Å²) in [7, 11) is 0. The first-order chi connectivity index (χ1) is 14.2. The smallest absolute Gasteiger partial charge is 0.220 e. The van der Waals surface area contributed by atoms with Crippen molar-refractivity contribution in [1.82, 2.24) is 10.3 Å². The number of carbonyl (C=O) groups is 1. The first-order valence-electron chi connectivity index (χ1n) is 9.46. The van der Waals surface area contributed by atoms with Crippen LogP contribution >= 0.6 is 0 Å². The number of hydrogen-bond donors (Lipinski definition) is 1. The number of aromatic nitrogens is 1. The Balaban J connectivity index is 1.35. The van der Waals surface area contributed by atoms with Crippen molar-refractivity contribution in [3.05, 3.63) is 89.9 Å². The highest BCUT2D eigenvalue weighted by Crippen LogP contribution is 2.13. The van der Waals surface area contributed by atoms with Crippen LogP contribution in [0.3, 0.4) is 0 Å². The topological polar surface area (TPSA) is 60.5 Å².